The van der Waals surface area contributed by atoms with Crippen LogP contribution in [0.15, 0.2) is 5.38 Å². The molecule has 0 radical (unpaired) electrons. The summed E-state index contributed by atoms with van der Waals surface area (Å²) < 4.78 is 0. The van der Waals surface area contributed by atoms with E-state index in [1.54, 1.807) is 13.8 Å². The fourth-order valence-electron chi connectivity index (χ4n) is 0.985. The minimum Gasteiger partial charge on any atom is -0.391 e. The van der Waals surface area contributed by atoms with Crippen molar-refractivity contribution in [2.45, 2.75) is 26.3 Å². The van der Waals surface area contributed by atoms with Crippen LogP contribution in [0.3, 0.4) is 0 Å². The molecular weight excluding hydrogens is 264 g/mol. The number of thiophene rings is 1. The average molecular weight is 277 g/mol. The molecule has 88 valence electrons. The summed E-state index contributed by atoms with van der Waals surface area (Å²) in [5, 5.41) is 5.07. The molecule has 0 saturated carbocycles. The first kappa shape index (κ1) is 13.4. The second-order valence-electron chi connectivity index (χ2n) is 4.01. The summed E-state index contributed by atoms with van der Waals surface area (Å²) in [6.07, 6.45) is 0. The van der Waals surface area contributed by atoms with Crippen LogP contribution in [0.4, 0.5) is 0 Å². The van der Waals surface area contributed by atoms with Gasteiger partial charge < -0.3 is 11.1 Å². The molecule has 0 fully saturated rings. The van der Waals surface area contributed by atoms with Crippen molar-refractivity contribution < 1.29 is 4.79 Å². The number of rotatable bonds is 3. The number of nitrogens with one attached hydrogen (secondary N) is 1. The second-order valence-corrected chi connectivity index (χ2v) is 5.70. The lowest BCUT2D eigenvalue weighted by atomic mass is 10.1. The minimum atomic E-state index is -0.715. The van der Waals surface area contributed by atoms with Crippen molar-refractivity contribution in [3.63, 3.8) is 0 Å². The van der Waals surface area contributed by atoms with Crippen molar-refractivity contribution in [3.8, 4) is 0 Å². The molecule has 0 aliphatic heterocycles. The molecule has 0 aromatic carbocycles. The molecule has 0 saturated heterocycles. The highest BCUT2D eigenvalue weighted by molar-refractivity contribution is 7.80. The predicted molar refractivity (Wildman–Crippen MR) is 72.4 cm³/mol. The molecule has 0 atom stereocenters. The molecule has 0 unspecified atom stereocenters. The molecule has 1 aromatic rings. The number of hydrogen-bond donors (Lipinski definition) is 2. The Morgan fingerprint density at radius 1 is 1.62 bits per heavy atom. The summed E-state index contributed by atoms with van der Waals surface area (Å²) in [6, 6.07) is 0. The Balaban J connectivity index is 2.89. The van der Waals surface area contributed by atoms with E-state index in [0.29, 0.717) is 9.90 Å². The smallest absolute Gasteiger partial charge is 0.263 e. The lowest BCUT2D eigenvalue weighted by Crippen LogP contribution is -2.52. The van der Waals surface area contributed by atoms with Gasteiger partial charge in [0, 0.05) is 0 Å². The van der Waals surface area contributed by atoms with E-state index in [1.165, 1.54) is 11.3 Å². The van der Waals surface area contributed by atoms with Crippen LogP contribution in [0.1, 0.15) is 29.1 Å². The Morgan fingerprint density at radius 2 is 2.19 bits per heavy atom. The summed E-state index contributed by atoms with van der Waals surface area (Å²) in [5.41, 5.74) is 5.71. The molecule has 0 spiro atoms. The number of carbonyl (C=O) groups is 1. The standard InChI is InChI=1S/C10H13ClN2OS2/c1-5-4-16-7(6(5)11)8(14)13-10(2,3)9(12)15/h4H,1-3H3,(H2,12,15)(H,13,14). The van der Waals surface area contributed by atoms with Crippen LogP contribution in [0, 0.1) is 6.92 Å². The summed E-state index contributed by atoms with van der Waals surface area (Å²) in [6.45, 7) is 5.36. The number of aryl methyl sites for hydroxylation is 1. The van der Waals surface area contributed by atoms with Gasteiger partial charge in [0.25, 0.3) is 5.91 Å². The highest BCUT2D eigenvalue weighted by Gasteiger charge is 2.26. The van der Waals surface area contributed by atoms with Crippen molar-refractivity contribution >= 4 is 46.1 Å². The summed E-state index contributed by atoms with van der Waals surface area (Å²) in [4.78, 5) is 12.6. The topological polar surface area (TPSA) is 55.1 Å². The van der Waals surface area contributed by atoms with Crippen molar-refractivity contribution in [3.05, 3.63) is 20.8 Å². The maximum atomic E-state index is 11.9. The van der Waals surface area contributed by atoms with Crippen LogP contribution < -0.4 is 11.1 Å². The van der Waals surface area contributed by atoms with Crippen molar-refractivity contribution in [2.24, 2.45) is 5.73 Å². The van der Waals surface area contributed by atoms with Crippen LogP contribution in [-0.2, 0) is 0 Å². The zero-order chi connectivity index (χ0) is 12.5. The number of carbonyl (C=O) groups excluding carboxylic acids is 1. The fraction of sp³-hybridized carbons (Fsp3) is 0.400. The van der Waals surface area contributed by atoms with Crippen molar-refractivity contribution in [1.29, 1.82) is 0 Å². The van der Waals surface area contributed by atoms with Crippen LogP contribution in [-0.4, -0.2) is 16.4 Å². The largest absolute Gasteiger partial charge is 0.391 e. The molecule has 16 heavy (non-hydrogen) atoms. The van der Waals surface area contributed by atoms with Gasteiger partial charge in [-0.15, -0.1) is 11.3 Å². The van der Waals surface area contributed by atoms with E-state index < -0.39 is 5.54 Å². The minimum absolute atomic E-state index is 0.241. The monoisotopic (exact) mass is 276 g/mol. The van der Waals surface area contributed by atoms with Gasteiger partial charge in [0.05, 0.1) is 15.6 Å². The Hall–Kier alpha value is -0.650. The molecule has 3 nitrogen and oxygen atoms in total. The first-order valence-corrected chi connectivity index (χ1v) is 6.28. The lowest BCUT2D eigenvalue weighted by Gasteiger charge is -2.24. The zero-order valence-corrected chi connectivity index (χ0v) is 11.6. The summed E-state index contributed by atoms with van der Waals surface area (Å²) >= 11 is 12.2. The Bertz CT molecular complexity index is 440. The van der Waals surface area contributed by atoms with Gasteiger partial charge in [0.2, 0.25) is 0 Å². The first-order valence-electron chi connectivity index (χ1n) is 4.61. The third-order valence-electron chi connectivity index (χ3n) is 2.15. The van der Waals surface area contributed by atoms with Gasteiger partial charge >= 0.3 is 0 Å². The van der Waals surface area contributed by atoms with E-state index in [9.17, 15) is 4.79 Å². The SMILES string of the molecule is Cc1csc(C(=O)NC(C)(C)C(N)=S)c1Cl. The molecule has 6 heteroatoms. The van der Waals surface area contributed by atoms with Gasteiger partial charge in [-0.25, -0.2) is 0 Å². The number of halogens is 1. The second kappa shape index (κ2) is 4.69. The number of nitrogens with two attached hydrogens (primary N) is 1. The van der Waals surface area contributed by atoms with Gasteiger partial charge in [0.15, 0.2) is 0 Å². The number of hydrogen-bond acceptors (Lipinski definition) is 3. The van der Waals surface area contributed by atoms with Crippen molar-refractivity contribution in [2.75, 3.05) is 0 Å². The van der Waals surface area contributed by atoms with Crippen LogP contribution >= 0.6 is 35.2 Å². The van der Waals surface area contributed by atoms with Gasteiger partial charge in [-0.3, -0.25) is 4.79 Å². The highest BCUT2D eigenvalue weighted by Crippen LogP contribution is 2.27. The highest BCUT2D eigenvalue weighted by atomic mass is 35.5. The quantitative estimate of drug-likeness (QED) is 0.834. The number of amides is 1. The zero-order valence-electron chi connectivity index (χ0n) is 9.26. The van der Waals surface area contributed by atoms with E-state index in [-0.39, 0.29) is 10.9 Å². The van der Waals surface area contributed by atoms with Crippen molar-refractivity contribution in [1.82, 2.24) is 5.32 Å². The third kappa shape index (κ3) is 2.72. The van der Waals surface area contributed by atoms with Gasteiger partial charge in [0.1, 0.15) is 4.88 Å². The molecule has 1 aromatic heterocycles. The average Bonchev–Trinajstić information content (AvgIpc) is 2.46. The van der Waals surface area contributed by atoms with Gasteiger partial charge in [-0.2, -0.15) is 0 Å². The Labute approximate surface area is 109 Å². The summed E-state index contributed by atoms with van der Waals surface area (Å²) in [5.74, 6) is -0.249. The number of thiocarbonyl (C=S) groups is 1. The molecule has 0 aliphatic rings. The van der Waals surface area contributed by atoms with Crippen LogP contribution in [0.5, 0.6) is 0 Å². The maximum Gasteiger partial charge on any atom is 0.263 e. The van der Waals surface area contributed by atoms with Gasteiger partial charge in [-0.05, 0) is 31.7 Å². The van der Waals surface area contributed by atoms with Crippen LogP contribution in [0.2, 0.25) is 5.02 Å². The summed E-state index contributed by atoms with van der Waals surface area (Å²) in [7, 11) is 0. The van der Waals surface area contributed by atoms with Crippen LogP contribution in [0.25, 0.3) is 0 Å². The Morgan fingerprint density at radius 3 is 2.56 bits per heavy atom. The van der Waals surface area contributed by atoms with E-state index in [0.717, 1.165) is 5.56 Å². The maximum absolute atomic E-state index is 11.9. The molecule has 0 bridgehead atoms. The molecule has 1 amide bonds. The molecule has 0 aliphatic carbocycles. The fourth-order valence-corrected chi connectivity index (χ4v) is 2.21. The molecule has 1 rings (SSSR count). The molecule has 1 heterocycles. The molecule has 3 N–H and O–H groups in total. The predicted octanol–water partition coefficient (Wildman–Crippen LogP) is 2.50. The van der Waals surface area contributed by atoms with E-state index in [1.807, 2.05) is 12.3 Å². The molecular formula is C10H13ClN2OS2. The first-order chi connectivity index (χ1) is 7.25. The normalized spacial score (nSPS) is 11.2. The lowest BCUT2D eigenvalue weighted by molar-refractivity contribution is 0.0936. The van der Waals surface area contributed by atoms with E-state index in [4.69, 9.17) is 29.6 Å². The van der Waals surface area contributed by atoms with Gasteiger partial charge in [-0.1, -0.05) is 23.8 Å². The third-order valence-corrected chi connectivity index (χ3v) is 4.35. The van der Waals surface area contributed by atoms with E-state index >= 15 is 0 Å². The van der Waals surface area contributed by atoms with E-state index in [2.05, 4.69) is 5.32 Å². The Kier molecular flexibility index (Phi) is 3.93.